The van der Waals surface area contributed by atoms with Crippen molar-refractivity contribution in [2.75, 3.05) is 0 Å². The molecule has 0 bridgehead atoms. The first-order valence-corrected chi connectivity index (χ1v) is 14.2. The first kappa shape index (κ1) is 22.8. The summed E-state index contributed by atoms with van der Waals surface area (Å²) in [5.74, 6) is 0. The summed E-state index contributed by atoms with van der Waals surface area (Å²) in [4.78, 5) is 13.6. The molecule has 32 heavy (non-hydrogen) atoms. The highest BCUT2D eigenvalue weighted by atomic mass is 35.5. The summed E-state index contributed by atoms with van der Waals surface area (Å²) >= 11 is 6.11. The van der Waals surface area contributed by atoms with Gasteiger partial charge in [-0.25, -0.2) is 14.5 Å². The maximum atomic E-state index is 6.69. The minimum absolute atomic E-state index is 0.0142. The highest BCUT2D eigenvalue weighted by Gasteiger charge is 2.39. The van der Waals surface area contributed by atoms with E-state index in [0.717, 1.165) is 45.4 Å². The van der Waals surface area contributed by atoms with Crippen LogP contribution in [0.15, 0.2) is 36.9 Å². The van der Waals surface area contributed by atoms with Crippen molar-refractivity contribution in [3.63, 3.8) is 0 Å². The quantitative estimate of drug-likeness (QED) is 0.239. The van der Waals surface area contributed by atoms with Crippen molar-refractivity contribution in [1.82, 2.24) is 24.6 Å². The molecule has 1 unspecified atom stereocenters. The smallest absolute Gasteiger partial charge is 0.192 e. The van der Waals surface area contributed by atoms with Gasteiger partial charge in [-0.1, -0.05) is 39.3 Å². The molecule has 4 aromatic rings. The second-order valence-corrected chi connectivity index (χ2v) is 15.0. The fraction of sp³-hybridized carbons (Fsp3) is 0.417. The predicted molar refractivity (Wildman–Crippen MR) is 133 cm³/mol. The van der Waals surface area contributed by atoms with Crippen LogP contribution >= 0.6 is 11.6 Å². The molecule has 1 atom stereocenters. The van der Waals surface area contributed by atoms with Gasteiger partial charge in [0.2, 0.25) is 0 Å². The second kappa shape index (κ2) is 8.21. The van der Waals surface area contributed by atoms with Crippen LogP contribution in [0.4, 0.5) is 0 Å². The van der Waals surface area contributed by atoms with Gasteiger partial charge in [0.15, 0.2) is 14.0 Å². The number of pyridine rings is 3. The molecule has 0 N–H and O–H groups in total. The molecule has 0 amide bonds. The molecule has 168 valence electrons. The third kappa shape index (κ3) is 4.05. The zero-order valence-electron chi connectivity index (χ0n) is 19.8. The second-order valence-electron chi connectivity index (χ2n) is 9.82. The van der Waals surface area contributed by atoms with Crippen LogP contribution in [-0.4, -0.2) is 32.9 Å². The summed E-state index contributed by atoms with van der Waals surface area (Å²) in [6, 6.07) is 6.03. The van der Waals surface area contributed by atoms with Gasteiger partial charge in [0, 0.05) is 35.0 Å². The molecule has 4 rings (SSSR count). The number of aryl methyl sites for hydroxylation is 1. The minimum atomic E-state index is -1.91. The van der Waals surface area contributed by atoms with Crippen molar-refractivity contribution in [3.8, 4) is 11.1 Å². The van der Waals surface area contributed by atoms with Crippen LogP contribution in [0.2, 0.25) is 23.3 Å². The van der Waals surface area contributed by atoms with Crippen molar-refractivity contribution in [3.05, 3.63) is 53.3 Å². The van der Waals surface area contributed by atoms with Gasteiger partial charge >= 0.3 is 0 Å². The van der Waals surface area contributed by atoms with E-state index in [1.807, 2.05) is 6.20 Å². The van der Waals surface area contributed by atoms with E-state index in [0.29, 0.717) is 5.15 Å². The van der Waals surface area contributed by atoms with Crippen molar-refractivity contribution >= 4 is 36.5 Å². The molecule has 4 aromatic heterocycles. The molecule has 0 saturated carbocycles. The van der Waals surface area contributed by atoms with E-state index in [1.165, 1.54) is 0 Å². The molecule has 6 nitrogen and oxygen atoms in total. The molecule has 0 aliphatic carbocycles. The Morgan fingerprint density at radius 1 is 1.06 bits per heavy atom. The number of aromatic nitrogens is 5. The molecular formula is C24H30ClN5OSi. The van der Waals surface area contributed by atoms with E-state index in [4.69, 9.17) is 21.0 Å². The molecular weight excluding hydrogens is 438 g/mol. The van der Waals surface area contributed by atoms with Gasteiger partial charge < -0.3 is 4.43 Å². The Balaban J connectivity index is 1.77. The zero-order chi connectivity index (χ0) is 23.3. The maximum Gasteiger partial charge on any atom is 0.192 e. The Morgan fingerprint density at radius 2 is 1.81 bits per heavy atom. The summed E-state index contributed by atoms with van der Waals surface area (Å²) < 4.78 is 8.50. The van der Waals surface area contributed by atoms with Gasteiger partial charge in [0.1, 0.15) is 11.5 Å². The fourth-order valence-electron chi connectivity index (χ4n) is 3.67. The van der Waals surface area contributed by atoms with Crippen molar-refractivity contribution < 1.29 is 4.43 Å². The molecule has 0 spiro atoms. The Labute approximate surface area is 195 Å². The van der Waals surface area contributed by atoms with Gasteiger partial charge in [0.25, 0.3) is 0 Å². The normalized spacial score (nSPS) is 13.8. The topological polar surface area (TPSA) is 65.2 Å². The van der Waals surface area contributed by atoms with Crippen molar-refractivity contribution in [2.24, 2.45) is 0 Å². The van der Waals surface area contributed by atoms with Crippen LogP contribution in [0.3, 0.4) is 0 Å². The van der Waals surface area contributed by atoms with Crippen LogP contribution in [0.1, 0.15) is 51.5 Å². The summed E-state index contributed by atoms with van der Waals surface area (Å²) in [6.45, 7) is 15.6. The Bertz CT molecular complexity index is 1300. The van der Waals surface area contributed by atoms with Gasteiger partial charge in [-0.3, -0.25) is 4.98 Å². The minimum Gasteiger partial charge on any atom is -0.408 e. The zero-order valence-corrected chi connectivity index (χ0v) is 21.5. The van der Waals surface area contributed by atoms with Gasteiger partial charge in [-0.2, -0.15) is 5.10 Å². The standard InChI is InChI=1S/C24H30ClN5OSi/c1-8-21(31-32(6,7)24(3,4)5)19-9-15(2)18(13-26-19)17-10-16-12-27-22(25)11-20(16)30-23(17)28-14-29-30/h9-14,21H,8H2,1-7H3. The van der Waals surface area contributed by atoms with E-state index in [1.54, 1.807) is 23.1 Å². The molecule has 0 radical (unpaired) electrons. The van der Waals surface area contributed by atoms with E-state index >= 15 is 0 Å². The molecule has 8 heteroatoms. The molecule has 0 aliphatic heterocycles. The maximum absolute atomic E-state index is 6.69. The number of hydrogen-bond donors (Lipinski definition) is 0. The summed E-state index contributed by atoms with van der Waals surface area (Å²) in [7, 11) is -1.91. The summed E-state index contributed by atoms with van der Waals surface area (Å²) in [5.41, 5.74) is 5.72. The van der Waals surface area contributed by atoms with Crippen molar-refractivity contribution in [1.29, 1.82) is 0 Å². The first-order valence-electron chi connectivity index (χ1n) is 10.9. The number of fused-ring (bicyclic) bond motifs is 3. The van der Waals surface area contributed by atoms with Gasteiger partial charge in [-0.05, 0) is 49.2 Å². The van der Waals surface area contributed by atoms with E-state index in [9.17, 15) is 0 Å². The lowest BCUT2D eigenvalue weighted by Gasteiger charge is -2.39. The van der Waals surface area contributed by atoms with Gasteiger partial charge in [-0.15, -0.1) is 0 Å². The third-order valence-corrected chi connectivity index (χ3v) is 11.3. The third-order valence-electron chi connectivity index (χ3n) is 6.56. The van der Waals surface area contributed by atoms with Crippen LogP contribution in [0, 0.1) is 6.92 Å². The Morgan fingerprint density at radius 3 is 2.47 bits per heavy atom. The number of halogens is 1. The monoisotopic (exact) mass is 467 g/mol. The predicted octanol–water partition coefficient (Wildman–Crippen LogP) is 6.77. The first-order chi connectivity index (χ1) is 15.0. The average Bonchev–Trinajstić information content (AvgIpc) is 3.21. The highest BCUT2D eigenvalue weighted by Crippen LogP contribution is 2.40. The fourth-order valence-corrected chi connectivity index (χ4v) is 5.17. The van der Waals surface area contributed by atoms with Gasteiger partial charge in [0.05, 0.1) is 17.3 Å². The van der Waals surface area contributed by atoms with Crippen LogP contribution in [-0.2, 0) is 4.43 Å². The number of nitrogens with zero attached hydrogens (tertiary/aromatic N) is 5. The average molecular weight is 468 g/mol. The molecule has 0 fully saturated rings. The van der Waals surface area contributed by atoms with Crippen LogP contribution < -0.4 is 0 Å². The number of hydrogen-bond acceptors (Lipinski definition) is 5. The molecule has 0 aromatic carbocycles. The lowest BCUT2D eigenvalue weighted by Crippen LogP contribution is -2.41. The molecule has 4 heterocycles. The van der Waals surface area contributed by atoms with E-state index in [2.05, 4.69) is 74.9 Å². The van der Waals surface area contributed by atoms with Crippen molar-refractivity contribution in [2.45, 2.75) is 65.3 Å². The highest BCUT2D eigenvalue weighted by molar-refractivity contribution is 6.74. The Kier molecular flexibility index (Phi) is 5.86. The lowest BCUT2D eigenvalue weighted by molar-refractivity contribution is 0.175. The summed E-state index contributed by atoms with van der Waals surface area (Å²) in [5, 5.41) is 5.93. The molecule has 0 saturated heterocycles. The number of rotatable bonds is 5. The SMILES string of the molecule is CCC(O[Si](C)(C)C(C)(C)C)c1cc(C)c(-c2cc3cnc(Cl)cc3n3ncnc23)cn1. The van der Waals surface area contributed by atoms with Crippen LogP contribution in [0.5, 0.6) is 0 Å². The Hall–Kier alpha value is -2.35. The summed E-state index contributed by atoms with van der Waals surface area (Å²) in [6.07, 6.45) is 6.12. The van der Waals surface area contributed by atoms with E-state index in [-0.39, 0.29) is 11.1 Å². The van der Waals surface area contributed by atoms with E-state index < -0.39 is 8.32 Å². The van der Waals surface area contributed by atoms with Crippen LogP contribution in [0.25, 0.3) is 27.7 Å². The lowest BCUT2D eigenvalue weighted by atomic mass is 10.0. The largest absolute Gasteiger partial charge is 0.408 e. The molecule has 0 aliphatic rings.